The number of amides is 1. The van der Waals surface area contributed by atoms with Gasteiger partial charge >= 0.3 is 5.97 Å². The zero-order valence-corrected chi connectivity index (χ0v) is 13.8. The summed E-state index contributed by atoms with van der Waals surface area (Å²) >= 11 is 3.42. The largest absolute Gasteiger partial charge is 0.466 e. The van der Waals surface area contributed by atoms with E-state index in [1.165, 1.54) is 5.56 Å². The molecule has 5 nitrogen and oxygen atoms in total. The Kier molecular flexibility index (Phi) is 3.95. The number of hydrogen-bond acceptors (Lipinski definition) is 3. The number of H-pyrrole nitrogens is 1. The molecule has 1 aliphatic carbocycles. The summed E-state index contributed by atoms with van der Waals surface area (Å²) in [6.45, 7) is 2.21. The second kappa shape index (κ2) is 5.76. The van der Waals surface area contributed by atoms with Gasteiger partial charge in [-0.1, -0.05) is 15.9 Å². The molecule has 6 heteroatoms. The first-order valence-corrected chi connectivity index (χ1v) is 8.10. The molecule has 0 saturated carbocycles. The lowest BCUT2D eigenvalue weighted by atomic mass is 9.87. The number of carbonyl (C=O) groups excluding carboxylic acids is 2. The smallest absolute Gasteiger partial charge is 0.309 e. The Balaban J connectivity index is 2.05. The third-order valence-electron chi connectivity index (χ3n) is 4.15. The van der Waals surface area contributed by atoms with Gasteiger partial charge in [-0.25, -0.2) is 0 Å². The number of esters is 1. The van der Waals surface area contributed by atoms with Crippen molar-refractivity contribution in [2.24, 2.45) is 11.7 Å². The quantitative estimate of drug-likeness (QED) is 0.821. The van der Waals surface area contributed by atoms with Crippen molar-refractivity contribution in [3.63, 3.8) is 0 Å². The Morgan fingerprint density at radius 2 is 2.23 bits per heavy atom. The second-order valence-electron chi connectivity index (χ2n) is 5.51. The van der Waals surface area contributed by atoms with Gasteiger partial charge < -0.3 is 15.5 Å². The first-order chi connectivity index (χ1) is 10.5. The fourth-order valence-corrected chi connectivity index (χ4v) is 3.61. The molecule has 3 rings (SSSR count). The van der Waals surface area contributed by atoms with E-state index < -0.39 is 5.91 Å². The zero-order chi connectivity index (χ0) is 15.9. The minimum atomic E-state index is -0.466. The Bertz CT molecular complexity index is 766. The highest BCUT2D eigenvalue weighted by Gasteiger charge is 2.29. The number of benzene rings is 1. The first kappa shape index (κ1) is 15.1. The third-order valence-corrected chi connectivity index (χ3v) is 4.60. The molecule has 0 radical (unpaired) electrons. The van der Waals surface area contributed by atoms with Gasteiger partial charge in [0.2, 0.25) is 0 Å². The van der Waals surface area contributed by atoms with Crippen LogP contribution in [0, 0.1) is 5.92 Å². The number of nitrogens with two attached hydrogens (primary N) is 1. The number of halogens is 1. The topological polar surface area (TPSA) is 85.2 Å². The fraction of sp³-hybridized carbons (Fsp3) is 0.375. The number of aromatic amines is 1. The molecule has 0 spiro atoms. The minimum Gasteiger partial charge on any atom is -0.466 e. The van der Waals surface area contributed by atoms with Crippen molar-refractivity contribution in [2.45, 2.75) is 26.2 Å². The van der Waals surface area contributed by atoms with Crippen LogP contribution in [0.5, 0.6) is 0 Å². The molecule has 0 fully saturated rings. The van der Waals surface area contributed by atoms with Gasteiger partial charge in [0.1, 0.15) is 0 Å². The molecule has 1 amide bonds. The molecule has 1 aromatic carbocycles. The second-order valence-corrected chi connectivity index (χ2v) is 6.43. The van der Waals surface area contributed by atoms with E-state index in [1.54, 1.807) is 6.07 Å². The summed E-state index contributed by atoms with van der Waals surface area (Å²) in [6.07, 6.45) is 2.16. The van der Waals surface area contributed by atoms with Crippen molar-refractivity contribution in [1.82, 2.24) is 4.98 Å². The lowest BCUT2D eigenvalue weighted by molar-refractivity contribution is -0.148. The Morgan fingerprint density at radius 3 is 2.91 bits per heavy atom. The van der Waals surface area contributed by atoms with Gasteiger partial charge in [0, 0.05) is 22.0 Å². The molecule has 1 aliphatic rings. The maximum Gasteiger partial charge on any atom is 0.309 e. The molecular formula is C16H17BrN2O3. The van der Waals surface area contributed by atoms with Crippen molar-refractivity contribution in [1.29, 1.82) is 0 Å². The number of nitrogens with one attached hydrogen (secondary N) is 1. The molecule has 22 heavy (non-hydrogen) atoms. The van der Waals surface area contributed by atoms with Crippen molar-refractivity contribution < 1.29 is 14.3 Å². The highest BCUT2D eigenvalue weighted by molar-refractivity contribution is 9.10. The van der Waals surface area contributed by atoms with Crippen LogP contribution < -0.4 is 5.73 Å². The molecule has 3 N–H and O–H groups in total. The highest BCUT2D eigenvalue weighted by Crippen LogP contribution is 2.35. The van der Waals surface area contributed by atoms with E-state index in [1.807, 2.05) is 13.0 Å². The third kappa shape index (κ3) is 2.52. The number of aryl methyl sites for hydroxylation is 1. The molecule has 1 unspecified atom stereocenters. The number of hydrogen-bond donors (Lipinski definition) is 2. The van der Waals surface area contributed by atoms with Crippen molar-refractivity contribution in [3.8, 4) is 0 Å². The molecule has 116 valence electrons. The van der Waals surface area contributed by atoms with Crippen LogP contribution in [-0.4, -0.2) is 23.5 Å². The fourth-order valence-electron chi connectivity index (χ4n) is 3.15. The van der Waals surface area contributed by atoms with E-state index in [0.717, 1.165) is 33.9 Å². The average Bonchev–Trinajstić information content (AvgIpc) is 2.84. The summed E-state index contributed by atoms with van der Waals surface area (Å²) in [5, 5.41) is 1.00. The van der Waals surface area contributed by atoms with E-state index in [0.29, 0.717) is 18.6 Å². The van der Waals surface area contributed by atoms with E-state index >= 15 is 0 Å². The summed E-state index contributed by atoms with van der Waals surface area (Å²) in [6, 6.07) is 3.71. The summed E-state index contributed by atoms with van der Waals surface area (Å²) in [5.74, 6) is -0.740. The Morgan fingerprint density at radius 1 is 1.45 bits per heavy atom. The SMILES string of the molecule is CCOC(=O)C1CCc2c([nH]c3c(C(N)=O)cc(Br)cc23)C1. The maximum atomic E-state index is 11.9. The average molecular weight is 365 g/mol. The van der Waals surface area contributed by atoms with Gasteiger partial charge in [-0.15, -0.1) is 0 Å². The molecule has 1 atom stereocenters. The lowest BCUT2D eigenvalue weighted by Gasteiger charge is -2.20. The van der Waals surface area contributed by atoms with Crippen LogP contribution in [0.1, 0.15) is 35.0 Å². The molecule has 1 heterocycles. The monoisotopic (exact) mass is 364 g/mol. The summed E-state index contributed by atoms with van der Waals surface area (Å²) in [7, 11) is 0. The van der Waals surface area contributed by atoms with Gasteiger partial charge in [-0.2, -0.15) is 0 Å². The van der Waals surface area contributed by atoms with Gasteiger partial charge in [0.05, 0.1) is 23.6 Å². The molecule has 0 bridgehead atoms. The molecule has 1 aromatic heterocycles. The van der Waals surface area contributed by atoms with Crippen LogP contribution >= 0.6 is 15.9 Å². The van der Waals surface area contributed by atoms with Crippen LogP contribution in [0.3, 0.4) is 0 Å². The van der Waals surface area contributed by atoms with Crippen LogP contribution in [0.2, 0.25) is 0 Å². The summed E-state index contributed by atoms with van der Waals surface area (Å²) in [4.78, 5) is 26.9. The number of primary amides is 1. The number of carbonyl (C=O) groups is 2. The van der Waals surface area contributed by atoms with Gasteiger partial charge in [0.25, 0.3) is 5.91 Å². The van der Waals surface area contributed by atoms with E-state index in [-0.39, 0.29) is 11.9 Å². The van der Waals surface area contributed by atoms with Crippen LogP contribution in [0.4, 0.5) is 0 Å². The molecule has 2 aromatic rings. The minimum absolute atomic E-state index is 0.124. The number of fused-ring (bicyclic) bond motifs is 3. The van der Waals surface area contributed by atoms with E-state index in [4.69, 9.17) is 10.5 Å². The van der Waals surface area contributed by atoms with Crippen LogP contribution in [-0.2, 0) is 22.4 Å². The standard InChI is InChI=1S/C16H17BrN2O3/c1-2-22-16(21)8-3-4-10-11-6-9(17)7-12(15(18)20)14(11)19-13(10)5-8/h6-8,19H,2-5H2,1H3,(H2,18,20). The van der Waals surface area contributed by atoms with Crippen molar-refractivity contribution >= 4 is 38.7 Å². The normalized spacial score (nSPS) is 17.3. The molecule has 0 saturated heterocycles. The summed E-state index contributed by atoms with van der Waals surface area (Å²) < 4.78 is 5.94. The lowest BCUT2D eigenvalue weighted by Crippen LogP contribution is -2.24. The van der Waals surface area contributed by atoms with Gasteiger partial charge in [-0.05, 0) is 37.5 Å². The number of ether oxygens (including phenoxy) is 1. The zero-order valence-electron chi connectivity index (χ0n) is 12.2. The first-order valence-electron chi connectivity index (χ1n) is 7.30. The predicted molar refractivity (Wildman–Crippen MR) is 86.7 cm³/mol. The maximum absolute atomic E-state index is 11.9. The van der Waals surface area contributed by atoms with Crippen molar-refractivity contribution in [2.75, 3.05) is 6.61 Å². The Labute approximate surface area is 136 Å². The van der Waals surface area contributed by atoms with Crippen molar-refractivity contribution in [3.05, 3.63) is 33.4 Å². The van der Waals surface area contributed by atoms with Gasteiger partial charge in [-0.3, -0.25) is 9.59 Å². The highest BCUT2D eigenvalue weighted by atomic mass is 79.9. The molecule has 0 aliphatic heterocycles. The molecular weight excluding hydrogens is 348 g/mol. The number of aromatic nitrogens is 1. The number of rotatable bonds is 3. The van der Waals surface area contributed by atoms with Gasteiger partial charge in [0.15, 0.2) is 0 Å². The predicted octanol–water partition coefficient (Wildman–Crippen LogP) is 2.70. The Hall–Kier alpha value is -1.82. The summed E-state index contributed by atoms with van der Waals surface area (Å²) in [5.41, 5.74) is 8.85. The van der Waals surface area contributed by atoms with E-state index in [9.17, 15) is 9.59 Å². The van der Waals surface area contributed by atoms with E-state index in [2.05, 4.69) is 20.9 Å². The van der Waals surface area contributed by atoms with Crippen LogP contribution in [0.25, 0.3) is 10.9 Å². The van der Waals surface area contributed by atoms with Crippen LogP contribution in [0.15, 0.2) is 16.6 Å².